The fourth-order valence-electron chi connectivity index (χ4n) is 3.36. The van der Waals surface area contributed by atoms with Gasteiger partial charge in [0, 0.05) is 18.6 Å². The molecular formula is C15H30N2. The summed E-state index contributed by atoms with van der Waals surface area (Å²) in [6.45, 7) is 10.9. The Bertz CT molecular complexity index is 219. The van der Waals surface area contributed by atoms with Crippen LogP contribution in [0.5, 0.6) is 0 Å². The monoisotopic (exact) mass is 238 g/mol. The molecule has 2 rings (SSSR count). The quantitative estimate of drug-likeness (QED) is 0.796. The first-order chi connectivity index (χ1) is 8.16. The van der Waals surface area contributed by atoms with Gasteiger partial charge in [-0.1, -0.05) is 20.8 Å². The second-order valence-corrected chi connectivity index (χ2v) is 6.57. The molecule has 1 saturated carbocycles. The second-order valence-electron chi connectivity index (χ2n) is 6.57. The van der Waals surface area contributed by atoms with Gasteiger partial charge in [0.2, 0.25) is 0 Å². The Morgan fingerprint density at radius 3 is 2.47 bits per heavy atom. The smallest absolute Gasteiger partial charge is 0.0218 e. The molecule has 100 valence electrons. The molecule has 0 aromatic carbocycles. The van der Waals surface area contributed by atoms with Crippen LogP contribution >= 0.6 is 0 Å². The highest BCUT2D eigenvalue weighted by atomic mass is 15.2. The lowest BCUT2D eigenvalue weighted by Crippen LogP contribution is -2.46. The molecule has 2 aliphatic rings. The lowest BCUT2D eigenvalue weighted by Gasteiger charge is -2.37. The van der Waals surface area contributed by atoms with Crippen LogP contribution in [-0.2, 0) is 0 Å². The van der Waals surface area contributed by atoms with Crippen molar-refractivity contribution < 1.29 is 0 Å². The molecule has 0 bridgehead atoms. The zero-order chi connectivity index (χ0) is 12.3. The Kier molecular flexibility index (Phi) is 4.87. The minimum Gasteiger partial charge on any atom is -0.312 e. The predicted molar refractivity (Wildman–Crippen MR) is 74.2 cm³/mol. The van der Waals surface area contributed by atoms with Gasteiger partial charge in [0.1, 0.15) is 0 Å². The molecule has 1 aliphatic heterocycles. The maximum absolute atomic E-state index is 3.72. The summed E-state index contributed by atoms with van der Waals surface area (Å²) >= 11 is 0. The van der Waals surface area contributed by atoms with Crippen LogP contribution in [0.1, 0.15) is 52.9 Å². The molecule has 1 saturated heterocycles. The summed E-state index contributed by atoms with van der Waals surface area (Å²) in [5, 5.41) is 3.72. The molecule has 0 spiro atoms. The van der Waals surface area contributed by atoms with Crippen molar-refractivity contribution in [3.05, 3.63) is 0 Å². The fourth-order valence-corrected chi connectivity index (χ4v) is 3.36. The summed E-state index contributed by atoms with van der Waals surface area (Å²) in [4.78, 5) is 2.79. The summed E-state index contributed by atoms with van der Waals surface area (Å²) in [7, 11) is 0. The summed E-state index contributed by atoms with van der Waals surface area (Å²) < 4.78 is 0. The van der Waals surface area contributed by atoms with E-state index in [1.54, 1.807) is 0 Å². The highest BCUT2D eigenvalue weighted by molar-refractivity contribution is 4.85. The summed E-state index contributed by atoms with van der Waals surface area (Å²) in [6, 6.07) is 1.59. The van der Waals surface area contributed by atoms with Crippen LogP contribution in [0, 0.1) is 11.8 Å². The molecule has 0 aromatic heterocycles. The Hall–Kier alpha value is -0.0800. The van der Waals surface area contributed by atoms with Crippen molar-refractivity contribution in [2.45, 2.75) is 65.0 Å². The molecule has 1 atom stereocenters. The maximum atomic E-state index is 3.72. The summed E-state index contributed by atoms with van der Waals surface area (Å²) in [5.74, 6) is 1.73. The van der Waals surface area contributed by atoms with Crippen molar-refractivity contribution in [3.63, 3.8) is 0 Å². The first kappa shape index (κ1) is 13.4. The minimum absolute atomic E-state index is 0.705. The predicted octanol–water partition coefficient (Wildman–Crippen LogP) is 2.89. The molecular weight excluding hydrogens is 208 g/mol. The van der Waals surface area contributed by atoms with Crippen molar-refractivity contribution in [1.29, 1.82) is 0 Å². The average Bonchev–Trinajstić information content (AvgIpc) is 2.55. The third-order valence-corrected chi connectivity index (χ3v) is 4.77. The number of rotatable bonds is 2. The van der Waals surface area contributed by atoms with Gasteiger partial charge in [-0.2, -0.15) is 0 Å². The molecule has 2 nitrogen and oxygen atoms in total. The molecule has 0 radical (unpaired) electrons. The summed E-state index contributed by atoms with van der Waals surface area (Å²) in [5.41, 5.74) is 0. The molecule has 2 fully saturated rings. The highest BCUT2D eigenvalue weighted by Gasteiger charge is 2.28. The minimum atomic E-state index is 0.705. The Balaban J connectivity index is 1.90. The summed E-state index contributed by atoms with van der Waals surface area (Å²) in [6.07, 6.45) is 7.09. The molecule has 1 N–H and O–H groups in total. The molecule has 0 aromatic rings. The number of hydrogen-bond donors (Lipinski definition) is 1. The van der Waals surface area contributed by atoms with E-state index in [0.29, 0.717) is 6.04 Å². The van der Waals surface area contributed by atoms with E-state index < -0.39 is 0 Å². The van der Waals surface area contributed by atoms with Crippen molar-refractivity contribution in [2.24, 2.45) is 11.8 Å². The van der Waals surface area contributed by atoms with Crippen molar-refractivity contribution in [1.82, 2.24) is 10.2 Å². The molecule has 17 heavy (non-hydrogen) atoms. The zero-order valence-corrected chi connectivity index (χ0v) is 11.9. The largest absolute Gasteiger partial charge is 0.312 e. The van der Waals surface area contributed by atoms with Crippen LogP contribution in [0.4, 0.5) is 0 Å². The van der Waals surface area contributed by atoms with E-state index in [1.807, 2.05) is 0 Å². The molecule has 1 unspecified atom stereocenters. The number of nitrogens with zero attached hydrogens (tertiary/aromatic N) is 1. The Morgan fingerprint density at radius 2 is 1.82 bits per heavy atom. The normalized spacial score (nSPS) is 37.1. The fraction of sp³-hybridized carbons (Fsp3) is 1.00. The van der Waals surface area contributed by atoms with Crippen LogP contribution in [-0.4, -0.2) is 36.6 Å². The van der Waals surface area contributed by atoms with E-state index in [-0.39, 0.29) is 0 Å². The number of nitrogens with one attached hydrogen (secondary N) is 1. The van der Waals surface area contributed by atoms with Crippen molar-refractivity contribution >= 4 is 0 Å². The second kappa shape index (κ2) is 6.19. The van der Waals surface area contributed by atoms with Gasteiger partial charge >= 0.3 is 0 Å². The Labute approximate surface area is 107 Å². The van der Waals surface area contributed by atoms with Crippen LogP contribution in [0.2, 0.25) is 0 Å². The third-order valence-electron chi connectivity index (χ3n) is 4.77. The Morgan fingerprint density at radius 1 is 1.12 bits per heavy atom. The van der Waals surface area contributed by atoms with Crippen LogP contribution in [0.3, 0.4) is 0 Å². The van der Waals surface area contributed by atoms with E-state index in [4.69, 9.17) is 0 Å². The van der Waals surface area contributed by atoms with E-state index in [1.165, 1.54) is 51.7 Å². The molecule has 1 heterocycles. The first-order valence-electron chi connectivity index (χ1n) is 7.64. The van der Waals surface area contributed by atoms with E-state index in [9.17, 15) is 0 Å². The van der Waals surface area contributed by atoms with E-state index >= 15 is 0 Å². The van der Waals surface area contributed by atoms with Gasteiger partial charge in [0.05, 0.1) is 0 Å². The van der Waals surface area contributed by atoms with E-state index in [0.717, 1.165) is 17.9 Å². The molecule has 1 aliphatic carbocycles. The standard InChI is InChI=1S/C15H30N2/c1-12(2)15-11-17(10-4-9-16-15)14-7-5-13(3)6-8-14/h12-16H,4-11H2,1-3H3. The first-order valence-corrected chi connectivity index (χ1v) is 7.64. The van der Waals surface area contributed by atoms with Gasteiger partial charge in [0.15, 0.2) is 0 Å². The van der Waals surface area contributed by atoms with Crippen molar-refractivity contribution in [3.8, 4) is 0 Å². The average molecular weight is 238 g/mol. The van der Waals surface area contributed by atoms with Crippen molar-refractivity contribution in [2.75, 3.05) is 19.6 Å². The highest BCUT2D eigenvalue weighted by Crippen LogP contribution is 2.28. The SMILES string of the molecule is CC1CCC(N2CCCNC(C(C)C)C2)CC1. The van der Waals surface area contributed by atoms with Gasteiger partial charge in [-0.25, -0.2) is 0 Å². The van der Waals surface area contributed by atoms with Crippen LogP contribution < -0.4 is 5.32 Å². The maximum Gasteiger partial charge on any atom is 0.0218 e. The lowest BCUT2D eigenvalue weighted by molar-refractivity contribution is 0.131. The van der Waals surface area contributed by atoms with Crippen LogP contribution in [0.15, 0.2) is 0 Å². The van der Waals surface area contributed by atoms with Gasteiger partial charge in [-0.15, -0.1) is 0 Å². The molecule has 0 amide bonds. The van der Waals surface area contributed by atoms with E-state index in [2.05, 4.69) is 31.0 Å². The number of hydrogen-bond acceptors (Lipinski definition) is 2. The zero-order valence-electron chi connectivity index (χ0n) is 11.9. The van der Waals surface area contributed by atoms with Gasteiger partial charge in [0.25, 0.3) is 0 Å². The third kappa shape index (κ3) is 3.69. The van der Waals surface area contributed by atoms with Gasteiger partial charge < -0.3 is 5.32 Å². The molecule has 2 heteroatoms. The lowest BCUT2D eigenvalue weighted by atomic mass is 9.86. The van der Waals surface area contributed by atoms with Crippen LogP contribution in [0.25, 0.3) is 0 Å². The van der Waals surface area contributed by atoms with Gasteiger partial charge in [-0.3, -0.25) is 4.90 Å². The topological polar surface area (TPSA) is 15.3 Å². The van der Waals surface area contributed by atoms with Gasteiger partial charge in [-0.05, 0) is 57.0 Å².